The number of carbonyl (C=O) groups excluding carboxylic acids is 2. The van der Waals surface area contributed by atoms with Gasteiger partial charge in [-0.25, -0.2) is 0 Å². The number of nitrogens with zero attached hydrogens (tertiary/aromatic N) is 1. The molecule has 2 N–H and O–H groups in total. The molecule has 1 aliphatic rings. The number of amides is 2. The predicted octanol–water partition coefficient (Wildman–Crippen LogP) is 0.167. The van der Waals surface area contributed by atoms with Crippen LogP contribution in [0.25, 0.3) is 0 Å². The first kappa shape index (κ1) is 11.7. The van der Waals surface area contributed by atoms with Gasteiger partial charge in [-0.2, -0.15) is 0 Å². The van der Waals surface area contributed by atoms with Crippen LogP contribution in [-0.4, -0.2) is 22.9 Å². The first-order chi connectivity index (χ1) is 8.16. The molecule has 0 spiro atoms. The topological polar surface area (TPSA) is 63.1 Å². The quantitative estimate of drug-likeness (QED) is 0.784. The summed E-state index contributed by atoms with van der Waals surface area (Å²) in [6.07, 6.45) is 3.04. The number of rotatable bonds is 3. The fraction of sp³-hybridized carbons (Fsp3) is 0.500. The molecule has 92 valence electrons. The normalized spacial score (nSPS) is 19.8. The SMILES string of the molecule is Cn1cccc1CNC(=O)C1CCC(=O)NC1. The molecule has 0 bridgehead atoms. The van der Waals surface area contributed by atoms with E-state index >= 15 is 0 Å². The minimum Gasteiger partial charge on any atom is -0.355 e. The van der Waals surface area contributed by atoms with E-state index in [1.165, 1.54) is 0 Å². The summed E-state index contributed by atoms with van der Waals surface area (Å²) in [6.45, 7) is 0.991. The van der Waals surface area contributed by atoms with Crippen LogP contribution in [0.2, 0.25) is 0 Å². The van der Waals surface area contributed by atoms with Gasteiger partial charge in [0.05, 0.1) is 12.5 Å². The number of aryl methyl sites for hydroxylation is 1. The molecule has 1 atom stereocenters. The van der Waals surface area contributed by atoms with Crippen molar-refractivity contribution in [2.24, 2.45) is 13.0 Å². The van der Waals surface area contributed by atoms with Crippen molar-refractivity contribution in [3.8, 4) is 0 Å². The highest BCUT2D eigenvalue weighted by atomic mass is 16.2. The molecule has 0 aromatic carbocycles. The number of nitrogens with one attached hydrogen (secondary N) is 2. The second kappa shape index (κ2) is 5.03. The number of hydrogen-bond acceptors (Lipinski definition) is 2. The molecule has 1 aromatic rings. The lowest BCUT2D eigenvalue weighted by molar-refractivity contribution is -0.129. The monoisotopic (exact) mass is 235 g/mol. The second-order valence-corrected chi connectivity index (χ2v) is 4.37. The van der Waals surface area contributed by atoms with Crippen molar-refractivity contribution < 1.29 is 9.59 Å². The summed E-state index contributed by atoms with van der Waals surface area (Å²) >= 11 is 0. The standard InChI is InChI=1S/C12H17N3O2/c1-15-6-2-3-10(15)8-14-12(17)9-4-5-11(16)13-7-9/h2-3,6,9H,4-5,7-8H2,1H3,(H,13,16)(H,14,17). The summed E-state index contributed by atoms with van der Waals surface area (Å²) < 4.78 is 1.98. The number of aromatic nitrogens is 1. The van der Waals surface area contributed by atoms with Gasteiger partial charge >= 0.3 is 0 Å². The Kier molecular flexibility index (Phi) is 3.46. The fourth-order valence-electron chi connectivity index (χ4n) is 1.96. The zero-order valence-electron chi connectivity index (χ0n) is 9.90. The lowest BCUT2D eigenvalue weighted by Crippen LogP contribution is -2.42. The van der Waals surface area contributed by atoms with Gasteiger partial charge < -0.3 is 15.2 Å². The largest absolute Gasteiger partial charge is 0.355 e. The van der Waals surface area contributed by atoms with Crippen molar-refractivity contribution in [1.29, 1.82) is 0 Å². The maximum atomic E-state index is 11.8. The third-order valence-electron chi connectivity index (χ3n) is 3.13. The summed E-state index contributed by atoms with van der Waals surface area (Å²) in [7, 11) is 1.95. The Morgan fingerprint density at radius 1 is 1.65 bits per heavy atom. The Bertz CT molecular complexity index is 415. The predicted molar refractivity (Wildman–Crippen MR) is 63.0 cm³/mol. The van der Waals surface area contributed by atoms with Crippen LogP contribution >= 0.6 is 0 Å². The molecule has 5 heteroatoms. The molecular weight excluding hydrogens is 218 g/mol. The molecule has 1 unspecified atom stereocenters. The van der Waals surface area contributed by atoms with Gasteiger partial charge in [0.2, 0.25) is 11.8 Å². The molecular formula is C12H17N3O2. The molecule has 1 saturated heterocycles. The minimum atomic E-state index is -0.0898. The molecule has 0 radical (unpaired) electrons. The summed E-state index contributed by atoms with van der Waals surface area (Å²) in [4.78, 5) is 22.8. The van der Waals surface area contributed by atoms with Gasteiger partial charge in [-0.05, 0) is 18.6 Å². The highest BCUT2D eigenvalue weighted by Gasteiger charge is 2.24. The Morgan fingerprint density at radius 3 is 3.06 bits per heavy atom. The van der Waals surface area contributed by atoms with Gasteiger partial charge in [-0.1, -0.05) is 0 Å². The lowest BCUT2D eigenvalue weighted by Gasteiger charge is -2.21. The van der Waals surface area contributed by atoms with Gasteiger partial charge in [0.15, 0.2) is 0 Å². The van der Waals surface area contributed by atoms with E-state index < -0.39 is 0 Å². The molecule has 1 aromatic heterocycles. The average Bonchev–Trinajstić information content (AvgIpc) is 2.73. The van der Waals surface area contributed by atoms with E-state index in [-0.39, 0.29) is 17.7 Å². The van der Waals surface area contributed by atoms with Crippen LogP contribution in [0, 0.1) is 5.92 Å². The smallest absolute Gasteiger partial charge is 0.225 e. The Labute approximate surface area is 100 Å². The molecule has 2 rings (SSSR count). The van der Waals surface area contributed by atoms with Gasteiger partial charge in [-0.15, -0.1) is 0 Å². The molecule has 17 heavy (non-hydrogen) atoms. The average molecular weight is 235 g/mol. The van der Waals surface area contributed by atoms with E-state index in [0.29, 0.717) is 25.9 Å². The summed E-state index contributed by atoms with van der Waals surface area (Å²) in [5, 5.41) is 5.61. The van der Waals surface area contributed by atoms with E-state index in [1.807, 2.05) is 29.9 Å². The van der Waals surface area contributed by atoms with Gasteiger partial charge in [0.1, 0.15) is 0 Å². The lowest BCUT2D eigenvalue weighted by atomic mass is 9.98. The van der Waals surface area contributed by atoms with E-state index in [4.69, 9.17) is 0 Å². The van der Waals surface area contributed by atoms with Crippen LogP contribution in [0.4, 0.5) is 0 Å². The van der Waals surface area contributed by atoms with Gasteiger partial charge in [0.25, 0.3) is 0 Å². The molecule has 0 aliphatic carbocycles. The maximum absolute atomic E-state index is 11.8. The number of hydrogen-bond donors (Lipinski definition) is 2. The van der Waals surface area contributed by atoms with Crippen molar-refractivity contribution in [3.63, 3.8) is 0 Å². The molecule has 2 amide bonds. The summed E-state index contributed by atoms with van der Waals surface area (Å²) in [5.41, 5.74) is 1.07. The zero-order chi connectivity index (χ0) is 12.3. The third-order valence-corrected chi connectivity index (χ3v) is 3.13. The highest BCUT2D eigenvalue weighted by Crippen LogP contribution is 2.11. The zero-order valence-corrected chi connectivity index (χ0v) is 9.90. The van der Waals surface area contributed by atoms with E-state index in [2.05, 4.69) is 10.6 Å². The third kappa shape index (κ3) is 2.87. The van der Waals surface area contributed by atoms with E-state index in [9.17, 15) is 9.59 Å². The molecule has 5 nitrogen and oxygen atoms in total. The Balaban J connectivity index is 1.81. The first-order valence-corrected chi connectivity index (χ1v) is 5.81. The van der Waals surface area contributed by atoms with Crippen molar-refractivity contribution in [2.75, 3.05) is 6.54 Å². The van der Waals surface area contributed by atoms with Crippen molar-refractivity contribution in [2.45, 2.75) is 19.4 Å². The second-order valence-electron chi connectivity index (χ2n) is 4.37. The number of carbonyl (C=O) groups is 2. The van der Waals surface area contributed by atoms with Crippen LogP contribution in [-0.2, 0) is 23.2 Å². The van der Waals surface area contributed by atoms with Crippen LogP contribution in [0.3, 0.4) is 0 Å². The number of piperidine rings is 1. The first-order valence-electron chi connectivity index (χ1n) is 5.81. The Hall–Kier alpha value is -1.78. The van der Waals surface area contributed by atoms with E-state index in [0.717, 1.165) is 5.69 Å². The van der Waals surface area contributed by atoms with Gasteiger partial charge in [-0.3, -0.25) is 9.59 Å². The van der Waals surface area contributed by atoms with Crippen molar-refractivity contribution >= 4 is 11.8 Å². The van der Waals surface area contributed by atoms with Crippen LogP contribution < -0.4 is 10.6 Å². The summed E-state index contributed by atoms with van der Waals surface area (Å²) in [6, 6.07) is 3.92. The van der Waals surface area contributed by atoms with E-state index in [1.54, 1.807) is 0 Å². The highest BCUT2D eigenvalue weighted by molar-refractivity contribution is 5.83. The minimum absolute atomic E-state index is 0.0196. The molecule has 1 fully saturated rings. The van der Waals surface area contributed by atoms with Crippen LogP contribution in [0.5, 0.6) is 0 Å². The van der Waals surface area contributed by atoms with Crippen LogP contribution in [0.15, 0.2) is 18.3 Å². The molecule has 0 saturated carbocycles. The molecule has 1 aliphatic heterocycles. The van der Waals surface area contributed by atoms with Crippen LogP contribution in [0.1, 0.15) is 18.5 Å². The molecule has 2 heterocycles. The Morgan fingerprint density at radius 2 is 2.47 bits per heavy atom. The maximum Gasteiger partial charge on any atom is 0.225 e. The fourth-order valence-corrected chi connectivity index (χ4v) is 1.96. The summed E-state index contributed by atoms with van der Waals surface area (Å²) in [5.74, 6) is -0.0318. The van der Waals surface area contributed by atoms with Crippen molar-refractivity contribution in [1.82, 2.24) is 15.2 Å². The van der Waals surface area contributed by atoms with Gasteiger partial charge in [0, 0.05) is 31.9 Å². The van der Waals surface area contributed by atoms with Crippen molar-refractivity contribution in [3.05, 3.63) is 24.0 Å².